The molecule has 0 unspecified atom stereocenters. The Morgan fingerprint density at radius 2 is 1.49 bits per heavy atom. The summed E-state index contributed by atoms with van der Waals surface area (Å²) in [6.45, 7) is 22.2. The molecule has 45 heavy (non-hydrogen) atoms. The van der Waals surface area contributed by atoms with Gasteiger partial charge in [-0.15, -0.1) is 0 Å². The fraction of sp³-hybridized carbons (Fsp3) is 0.475. The van der Waals surface area contributed by atoms with Crippen LogP contribution in [0.2, 0.25) is 0 Å². The van der Waals surface area contributed by atoms with Gasteiger partial charge in [-0.05, 0) is 93.5 Å². The van der Waals surface area contributed by atoms with Gasteiger partial charge in [0.05, 0.1) is 11.6 Å². The Morgan fingerprint density at radius 1 is 0.867 bits per heavy atom. The third-order valence-corrected chi connectivity index (χ3v) is 8.00. The molecular formula is C40H57N3O2. The van der Waals surface area contributed by atoms with Gasteiger partial charge in [-0.1, -0.05) is 101 Å². The van der Waals surface area contributed by atoms with Crippen molar-refractivity contribution in [2.75, 3.05) is 25.0 Å². The van der Waals surface area contributed by atoms with Gasteiger partial charge < -0.3 is 15.0 Å². The van der Waals surface area contributed by atoms with Crippen LogP contribution in [0.5, 0.6) is 5.75 Å². The van der Waals surface area contributed by atoms with E-state index in [1.807, 2.05) is 30.3 Å². The molecule has 3 aromatic carbocycles. The summed E-state index contributed by atoms with van der Waals surface area (Å²) < 4.78 is 6.03. The van der Waals surface area contributed by atoms with E-state index in [0.717, 1.165) is 36.5 Å². The molecule has 0 aliphatic heterocycles. The van der Waals surface area contributed by atoms with Gasteiger partial charge in [0.1, 0.15) is 12.4 Å². The number of likely N-dealkylation sites (N-methyl/N-ethyl adjacent to an activating group) is 1. The lowest BCUT2D eigenvalue weighted by molar-refractivity contribution is -0.128. The molecule has 0 fully saturated rings. The molecule has 0 saturated heterocycles. The molecule has 1 N–H and O–H groups in total. The van der Waals surface area contributed by atoms with Gasteiger partial charge in [0, 0.05) is 25.3 Å². The first-order chi connectivity index (χ1) is 21.1. The quantitative estimate of drug-likeness (QED) is 0.175. The SMILES string of the molecule is CC(C)=CCN(CC(C)(C)NC(=O)[C@H](CC(C)C)N(C)Cc1ccc(C(C)(C)C)cc1)c1ccc(OCc2ccccc2)cc1. The van der Waals surface area contributed by atoms with E-state index in [-0.39, 0.29) is 17.4 Å². The van der Waals surface area contributed by atoms with Crippen molar-refractivity contribution < 1.29 is 9.53 Å². The summed E-state index contributed by atoms with van der Waals surface area (Å²) in [6.07, 6.45) is 3.03. The predicted octanol–water partition coefficient (Wildman–Crippen LogP) is 8.78. The van der Waals surface area contributed by atoms with Crippen molar-refractivity contribution >= 4 is 11.6 Å². The normalized spacial score (nSPS) is 12.6. The van der Waals surface area contributed by atoms with Crippen LogP contribution in [0.15, 0.2) is 90.5 Å². The fourth-order valence-corrected chi connectivity index (χ4v) is 5.42. The molecule has 0 saturated carbocycles. The Bertz CT molecular complexity index is 1350. The number of nitrogens with one attached hydrogen (secondary N) is 1. The molecule has 3 rings (SSSR count). The van der Waals surface area contributed by atoms with Crippen LogP contribution in [-0.4, -0.2) is 42.5 Å². The van der Waals surface area contributed by atoms with Crippen LogP contribution in [0.25, 0.3) is 0 Å². The third kappa shape index (κ3) is 12.0. The van der Waals surface area contributed by atoms with Crippen LogP contribution in [-0.2, 0) is 23.4 Å². The Morgan fingerprint density at radius 3 is 2.04 bits per heavy atom. The van der Waals surface area contributed by atoms with Gasteiger partial charge in [-0.2, -0.15) is 0 Å². The van der Waals surface area contributed by atoms with E-state index in [9.17, 15) is 4.79 Å². The van der Waals surface area contributed by atoms with E-state index in [4.69, 9.17) is 4.74 Å². The molecule has 0 radical (unpaired) electrons. The molecule has 5 heteroatoms. The largest absolute Gasteiger partial charge is 0.489 e. The van der Waals surface area contributed by atoms with Crippen LogP contribution in [0, 0.1) is 5.92 Å². The average molecular weight is 612 g/mol. The van der Waals surface area contributed by atoms with Gasteiger partial charge >= 0.3 is 0 Å². The number of allylic oxidation sites excluding steroid dienone is 1. The minimum atomic E-state index is -0.459. The lowest BCUT2D eigenvalue weighted by Gasteiger charge is -2.37. The summed E-state index contributed by atoms with van der Waals surface area (Å²) in [5, 5.41) is 3.43. The highest BCUT2D eigenvalue weighted by atomic mass is 16.5. The first-order valence-electron chi connectivity index (χ1n) is 16.4. The molecule has 0 spiro atoms. The van der Waals surface area contributed by atoms with Crippen molar-refractivity contribution in [3.63, 3.8) is 0 Å². The standard InChI is InChI=1S/C40H57N3O2/c1-30(2)24-25-43(35-20-22-36(23-21-35)45-28-33-14-12-11-13-15-33)29-40(8,9)41-38(44)37(26-31(3)4)42(10)27-32-16-18-34(19-17-32)39(5,6)7/h11-24,31,37H,25-29H2,1-10H3,(H,41,44)/t37-/m0/s1. The van der Waals surface area contributed by atoms with Crippen LogP contribution >= 0.6 is 0 Å². The number of anilines is 1. The smallest absolute Gasteiger partial charge is 0.237 e. The molecule has 0 aromatic heterocycles. The minimum Gasteiger partial charge on any atom is -0.489 e. The second-order valence-electron chi connectivity index (χ2n) is 14.8. The minimum absolute atomic E-state index is 0.0781. The Balaban J connectivity index is 1.71. The first-order valence-corrected chi connectivity index (χ1v) is 16.4. The van der Waals surface area contributed by atoms with Gasteiger partial charge in [0.2, 0.25) is 5.91 Å². The maximum Gasteiger partial charge on any atom is 0.237 e. The number of hydrogen-bond donors (Lipinski definition) is 1. The van der Waals surface area contributed by atoms with Gasteiger partial charge in [-0.25, -0.2) is 0 Å². The maximum atomic E-state index is 13.9. The van der Waals surface area contributed by atoms with E-state index >= 15 is 0 Å². The molecule has 0 heterocycles. The Labute approximate surface area is 273 Å². The lowest BCUT2D eigenvalue weighted by Crippen LogP contribution is -2.56. The van der Waals surface area contributed by atoms with Crippen LogP contribution in [0.3, 0.4) is 0 Å². The number of carbonyl (C=O) groups is 1. The summed E-state index contributed by atoms with van der Waals surface area (Å²) >= 11 is 0. The molecule has 3 aromatic rings. The van der Waals surface area contributed by atoms with E-state index in [1.165, 1.54) is 16.7 Å². The van der Waals surface area contributed by atoms with Crippen LogP contribution in [0.1, 0.15) is 85.4 Å². The Kier molecular flexibility index (Phi) is 12.9. The summed E-state index contributed by atoms with van der Waals surface area (Å²) in [5.41, 5.74) is 5.70. The summed E-state index contributed by atoms with van der Waals surface area (Å²) in [4.78, 5) is 18.5. The van der Waals surface area contributed by atoms with Crippen molar-refractivity contribution in [1.82, 2.24) is 10.2 Å². The molecule has 0 aliphatic rings. The molecule has 1 amide bonds. The number of benzene rings is 3. The van der Waals surface area contributed by atoms with Crippen molar-refractivity contribution in [2.45, 2.75) is 98.9 Å². The highest BCUT2D eigenvalue weighted by Gasteiger charge is 2.30. The zero-order chi connectivity index (χ0) is 33.2. The third-order valence-electron chi connectivity index (χ3n) is 8.00. The van der Waals surface area contributed by atoms with Crippen LogP contribution < -0.4 is 15.0 Å². The molecule has 5 nitrogen and oxygen atoms in total. The van der Waals surface area contributed by atoms with Crippen molar-refractivity contribution in [1.29, 1.82) is 0 Å². The topological polar surface area (TPSA) is 44.8 Å². The summed E-state index contributed by atoms with van der Waals surface area (Å²) in [5.74, 6) is 1.31. The molecule has 1 atom stereocenters. The average Bonchev–Trinajstić information content (AvgIpc) is 2.97. The molecule has 244 valence electrons. The van der Waals surface area contributed by atoms with Crippen molar-refractivity contribution in [3.8, 4) is 5.75 Å². The second kappa shape index (κ2) is 16.1. The number of ether oxygens (including phenoxy) is 1. The highest BCUT2D eigenvalue weighted by Crippen LogP contribution is 2.25. The number of amides is 1. The van der Waals surface area contributed by atoms with Crippen molar-refractivity contribution in [2.24, 2.45) is 5.92 Å². The number of nitrogens with zero attached hydrogens (tertiary/aromatic N) is 2. The second-order valence-corrected chi connectivity index (χ2v) is 14.8. The Hall–Kier alpha value is -3.57. The number of hydrogen-bond acceptors (Lipinski definition) is 4. The lowest BCUT2D eigenvalue weighted by atomic mass is 9.86. The number of carbonyl (C=O) groups excluding carboxylic acids is 1. The van der Waals surface area contributed by atoms with Crippen LogP contribution in [0.4, 0.5) is 5.69 Å². The van der Waals surface area contributed by atoms with Gasteiger partial charge in [-0.3, -0.25) is 9.69 Å². The zero-order valence-electron chi connectivity index (χ0n) is 29.5. The van der Waals surface area contributed by atoms with Gasteiger partial charge in [0.15, 0.2) is 0 Å². The first kappa shape index (κ1) is 35.9. The van der Waals surface area contributed by atoms with E-state index in [1.54, 1.807) is 0 Å². The monoisotopic (exact) mass is 611 g/mol. The highest BCUT2D eigenvalue weighted by molar-refractivity contribution is 5.82. The predicted molar refractivity (Wildman–Crippen MR) is 191 cm³/mol. The zero-order valence-corrected chi connectivity index (χ0v) is 29.5. The molecule has 0 bridgehead atoms. The summed E-state index contributed by atoms with van der Waals surface area (Å²) in [6, 6.07) is 27.1. The molecular weight excluding hydrogens is 554 g/mol. The molecule has 0 aliphatic carbocycles. The van der Waals surface area contributed by atoms with Crippen molar-refractivity contribution in [3.05, 3.63) is 107 Å². The van der Waals surface area contributed by atoms with E-state index in [0.29, 0.717) is 19.1 Å². The van der Waals surface area contributed by atoms with Gasteiger partial charge in [0.25, 0.3) is 0 Å². The maximum absolute atomic E-state index is 13.9. The van der Waals surface area contributed by atoms with E-state index in [2.05, 4.69) is 139 Å². The number of rotatable bonds is 15. The van der Waals surface area contributed by atoms with E-state index < -0.39 is 5.54 Å². The fourth-order valence-electron chi connectivity index (χ4n) is 5.42. The summed E-state index contributed by atoms with van der Waals surface area (Å²) in [7, 11) is 2.07.